The molecule has 6 heteroatoms. The average Bonchev–Trinajstić information content (AvgIpc) is 3.20. The Morgan fingerprint density at radius 2 is 1.50 bits per heavy atom. The number of likely N-dealkylation sites (tertiary alicyclic amines) is 1. The van der Waals surface area contributed by atoms with Gasteiger partial charge in [0.2, 0.25) is 0 Å². The number of anilines is 1. The highest BCUT2D eigenvalue weighted by Crippen LogP contribution is 2.24. The van der Waals surface area contributed by atoms with Gasteiger partial charge in [-0.3, -0.25) is 4.79 Å². The van der Waals surface area contributed by atoms with Crippen molar-refractivity contribution in [3.8, 4) is 11.3 Å². The van der Waals surface area contributed by atoms with Crippen LogP contribution in [0.1, 0.15) is 23.4 Å². The molecule has 0 saturated carbocycles. The van der Waals surface area contributed by atoms with Crippen LogP contribution >= 0.6 is 0 Å². The number of rotatable bonds is 4. The molecule has 2 aromatic carbocycles. The number of nitrogens with zero attached hydrogens (tertiary/aromatic N) is 1. The van der Waals surface area contributed by atoms with Gasteiger partial charge in [0, 0.05) is 30.4 Å². The van der Waals surface area contributed by atoms with Gasteiger partial charge in [0.25, 0.3) is 5.91 Å². The molecule has 144 valence electrons. The zero-order valence-corrected chi connectivity index (χ0v) is 15.2. The van der Waals surface area contributed by atoms with E-state index in [-0.39, 0.29) is 29.3 Å². The maximum atomic E-state index is 13.1. The van der Waals surface area contributed by atoms with E-state index in [1.54, 1.807) is 41.3 Å². The molecule has 1 aliphatic rings. The summed E-state index contributed by atoms with van der Waals surface area (Å²) in [5, 5.41) is 3.38. The smallest absolute Gasteiger partial charge is 0.289 e. The standard InChI is InChI=1S/C22H20F2N2O2/c23-16-3-1-15(2-4-16)20-9-10-21(28-20)22(27)26-13-11-19(12-14-26)25-18-7-5-17(24)6-8-18/h1-10,19,25H,11-14H2. The molecule has 1 aliphatic heterocycles. The van der Waals surface area contributed by atoms with Crippen LogP contribution in [0.2, 0.25) is 0 Å². The van der Waals surface area contributed by atoms with Crippen LogP contribution in [0.5, 0.6) is 0 Å². The average molecular weight is 382 g/mol. The molecule has 0 radical (unpaired) electrons. The Balaban J connectivity index is 1.35. The molecule has 1 amide bonds. The number of halogens is 2. The molecule has 1 fully saturated rings. The Morgan fingerprint density at radius 1 is 0.893 bits per heavy atom. The van der Waals surface area contributed by atoms with E-state index in [0.717, 1.165) is 24.1 Å². The second-order valence-corrected chi connectivity index (χ2v) is 6.89. The van der Waals surface area contributed by atoms with Crippen molar-refractivity contribution in [2.45, 2.75) is 18.9 Å². The summed E-state index contributed by atoms with van der Waals surface area (Å²) >= 11 is 0. The van der Waals surface area contributed by atoms with Crippen molar-refractivity contribution >= 4 is 11.6 Å². The summed E-state index contributed by atoms with van der Waals surface area (Å²) in [5.41, 5.74) is 1.60. The van der Waals surface area contributed by atoms with Gasteiger partial charge in [0.15, 0.2) is 5.76 Å². The van der Waals surface area contributed by atoms with Crippen LogP contribution in [0, 0.1) is 11.6 Å². The molecule has 0 spiro atoms. The fourth-order valence-electron chi connectivity index (χ4n) is 3.39. The van der Waals surface area contributed by atoms with Crippen LogP contribution in [0.3, 0.4) is 0 Å². The fraction of sp³-hybridized carbons (Fsp3) is 0.227. The van der Waals surface area contributed by atoms with Crippen LogP contribution in [0.4, 0.5) is 14.5 Å². The number of nitrogens with one attached hydrogen (secondary N) is 1. The lowest BCUT2D eigenvalue weighted by Gasteiger charge is -2.32. The lowest BCUT2D eigenvalue weighted by molar-refractivity contribution is 0.0687. The van der Waals surface area contributed by atoms with Gasteiger partial charge in [-0.2, -0.15) is 0 Å². The topological polar surface area (TPSA) is 45.5 Å². The second kappa shape index (κ2) is 7.84. The minimum atomic E-state index is -0.316. The van der Waals surface area contributed by atoms with Crippen molar-refractivity contribution in [2.75, 3.05) is 18.4 Å². The van der Waals surface area contributed by atoms with Crippen molar-refractivity contribution in [2.24, 2.45) is 0 Å². The monoisotopic (exact) mass is 382 g/mol. The van der Waals surface area contributed by atoms with Crippen LogP contribution < -0.4 is 5.32 Å². The quantitative estimate of drug-likeness (QED) is 0.695. The summed E-state index contributed by atoms with van der Waals surface area (Å²) in [5.74, 6) is 0.0993. The third-order valence-corrected chi connectivity index (χ3v) is 4.94. The van der Waals surface area contributed by atoms with Crippen molar-refractivity contribution < 1.29 is 18.0 Å². The Morgan fingerprint density at radius 3 is 2.14 bits per heavy atom. The molecular formula is C22H20F2N2O2. The maximum Gasteiger partial charge on any atom is 0.289 e. The lowest BCUT2D eigenvalue weighted by atomic mass is 10.0. The number of benzene rings is 2. The van der Waals surface area contributed by atoms with E-state index in [9.17, 15) is 13.6 Å². The number of hydrogen-bond acceptors (Lipinski definition) is 3. The first-order valence-electron chi connectivity index (χ1n) is 9.25. The highest BCUT2D eigenvalue weighted by Gasteiger charge is 2.25. The Kier molecular flexibility index (Phi) is 5.10. The first-order chi connectivity index (χ1) is 13.6. The second-order valence-electron chi connectivity index (χ2n) is 6.89. The number of amides is 1. The predicted octanol–water partition coefficient (Wildman–Crippen LogP) is 4.94. The van der Waals surface area contributed by atoms with Crippen molar-refractivity contribution in [3.63, 3.8) is 0 Å². The van der Waals surface area contributed by atoms with Crippen molar-refractivity contribution in [1.29, 1.82) is 0 Å². The van der Waals surface area contributed by atoms with Crippen LogP contribution in [0.25, 0.3) is 11.3 Å². The molecule has 28 heavy (non-hydrogen) atoms. The minimum Gasteiger partial charge on any atom is -0.451 e. The molecular weight excluding hydrogens is 362 g/mol. The molecule has 4 nitrogen and oxygen atoms in total. The molecule has 4 rings (SSSR count). The number of carbonyl (C=O) groups is 1. The van der Waals surface area contributed by atoms with Gasteiger partial charge >= 0.3 is 0 Å². The highest BCUT2D eigenvalue weighted by molar-refractivity contribution is 5.92. The van der Waals surface area contributed by atoms with Crippen LogP contribution in [-0.4, -0.2) is 29.9 Å². The Hall–Kier alpha value is -3.15. The Labute approximate surface area is 161 Å². The SMILES string of the molecule is O=C(c1ccc(-c2ccc(F)cc2)o1)N1CCC(Nc2ccc(F)cc2)CC1. The summed E-state index contributed by atoms with van der Waals surface area (Å²) in [4.78, 5) is 14.5. The van der Waals surface area contributed by atoms with Crippen LogP contribution in [-0.2, 0) is 0 Å². The van der Waals surface area contributed by atoms with Gasteiger partial charge in [0.05, 0.1) is 0 Å². The lowest BCUT2D eigenvalue weighted by Crippen LogP contribution is -2.42. The van der Waals surface area contributed by atoms with Gasteiger partial charge in [-0.25, -0.2) is 8.78 Å². The highest BCUT2D eigenvalue weighted by atomic mass is 19.1. The molecule has 0 bridgehead atoms. The van der Waals surface area contributed by atoms with E-state index in [4.69, 9.17) is 4.42 Å². The van der Waals surface area contributed by atoms with E-state index in [1.165, 1.54) is 24.3 Å². The molecule has 3 aromatic rings. The van der Waals surface area contributed by atoms with Crippen molar-refractivity contribution in [1.82, 2.24) is 4.90 Å². The molecule has 2 heterocycles. The zero-order valence-electron chi connectivity index (χ0n) is 15.2. The Bertz CT molecular complexity index is 943. The van der Waals surface area contributed by atoms with E-state index >= 15 is 0 Å². The summed E-state index contributed by atoms with van der Waals surface area (Å²) in [6.45, 7) is 1.23. The van der Waals surface area contributed by atoms with Gasteiger partial charge in [-0.1, -0.05) is 0 Å². The number of furan rings is 1. The summed E-state index contributed by atoms with van der Waals surface area (Å²) in [7, 11) is 0. The largest absolute Gasteiger partial charge is 0.451 e. The van der Waals surface area contributed by atoms with Crippen LogP contribution in [0.15, 0.2) is 65.1 Å². The first-order valence-corrected chi connectivity index (χ1v) is 9.25. The summed E-state index contributed by atoms with van der Waals surface area (Å²) in [6, 6.07) is 15.9. The summed E-state index contributed by atoms with van der Waals surface area (Å²) in [6.07, 6.45) is 1.60. The normalized spacial score (nSPS) is 14.9. The molecule has 1 aromatic heterocycles. The molecule has 1 N–H and O–H groups in total. The first kappa shape index (κ1) is 18.2. The fourth-order valence-corrected chi connectivity index (χ4v) is 3.39. The van der Waals surface area contributed by atoms with E-state index < -0.39 is 0 Å². The maximum absolute atomic E-state index is 13.1. The van der Waals surface area contributed by atoms with E-state index in [1.807, 2.05) is 0 Å². The van der Waals surface area contributed by atoms with Gasteiger partial charge < -0.3 is 14.6 Å². The van der Waals surface area contributed by atoms with Gasteiger partial charge in [-0.05, 0) is 73.5 Å². The molecule has 0 aliphatic carbocycles. The third-order valence-electron chi connectivity index (χ3n) is 4.94. The molecule has 1 saturated heterocycles. The number of carbonyl (C=O) groups excluding carboxylic acids is 1. The predicted molar refractivity (Wildman–Crippen MR) is 103 cm³/mol. The van der Waals surface area contributed by atoms with E-state index in [0.29, 0.717) is 18.8 Å². The van der Waals surface area contributed by atoms with Crippen molar-refractivity contribution in [3.05, 3.63) is 78.1 Å². The molecule has 0 atom stereocenters. The summed E-state index contributed by atoms with van der Waals surface area (Å²) < 4.78 is 31.7. The zero-order chi connectivity index (χ0) is 19.5. The third kappa shape index (κ3) is 4.06. The van der Waals surface area contributed by atoms with Gasteiger partial charge in [-0.15, -0.1) is 0 Å². The number of hydrogen-bond donors (Lipinski definition) is 1. The minimum absolute atomic E-state index is 0.145. The molecule has 0 unspecified atom stereocenters. The van der Waals surface area contributed by atoms with Gasteiger partial charge in [0.1, 0.15) is 17.4 Å². The number of piperidine rings is 1. The van der Waals surface area contributed by atoms with E-state index in [2.05, 4.69) is 5.32 Å².